The van der Waals surface area contributed by atoms with Crippen molar-refractivity contribution in [1.82, 2.24) is 5.32 Å². The number of aryl methyl sites for hydroxylation is 1. The van der Waals surface area contributed by atoms with Gasteiger partial charge in [0.25, 0.3) is 0 Å². The molecule has 0 unspecified atom stereocenters. The van der Waals surface area contributed by atoms with E-state index in [1.807, 2.05) is 0 Å². The molecule has 0 aliphatic carbocycles. The Labute approximate surface area is 144 Å². The summed E-state index contributed by atoms with van der Waals surface area (Å²) in [5, 5.41) is 13.3. The molecule has 0 saturated heterocycles. The van der Waals surface area contributed by atoms with E-state index in [1.165, 1.54) is 0 Å². The molecule has 2 rings (SSSR count). The highest BCUT2D eigenvalue weighted by Crippen LogP contribution is 2.38. The van der Waals surface area contributed by atoms with E-state index in [-0.39, 0.29) is 11.3 Å². The predicted molar refractivity (Wildman–Crippen MR) is 93.5 cm³/mol. The van der Waals surface area contributed by atoms with Crippen molar-refractivity contribution in [2.45, 2.75) is 39.7 Å². The fourth-order valence-electron chi connectivity index (χ4n) is 2.33. The van der Waals surface area contributed by atoms with Gasteiger partial charge in [-0.1, -0.05) is 0 Å². The van der Waals surface area contributed by atoms with Crippen LogP contribution in [0.4, 0.5) is 0 Å². The third-order valence-corrected chi connectivity index (χ3v) is 4.04. The molecule has 5 nitrogen and oxygen atoms in total. The number of aromatic carboxylic acids is 1. The van der Waals surface area contributed by atoms with Gasteiger partial charge in [-0.2, -0.15) is 0 Å². The van der Waals surface area contributed by atoms with Crippen LogP contribution in [0.1, 0.15) is 43.3 Å². The normalized spacial score (nSPS) is 11.9. The minimum Gasteiger partial charge on any atom is -0.492 e. The van der Waals surface area contributed by atoms with Crippen molar-refractivity contribution in [2.75, 3.05) is 13.2 Å². The Morgan fingerprint density at radius 1 is 1.39 bits per heavy atom. The number of benzene rings is 1. The lowest BCUT2D eigenvalue weighted by Gasteiger charge is -2.20. The maximum absolute atomic E-state index is 11.2. The zero-order valence-electron chi connectivity index (χ0n) is 13.8. The number of fused-ring (bicyclic) bond motifs is 1. The number of carboxylic acid groups (broad SMARTS) is 1. The van der Waals surface area contributed by atoms with E-state index in [0.717, 1.165) is 17.4 Å². The minimum absolute atomic E-state index is 0.0441. The molecule has 1 heterocycles. The molecule has 1 aromatic heterocycles. The number of carboxylic acids is 1. The van der Waals surface area contributed by atoms with E-state index >= 15 is 0 Å². The highest BCUT2D eigenvalue weighted by atomic mass is 79.9. The lowest BCUT2D eigenvalue weighted by molar-refractivity contribution is 0.0664. The summed E-state index contributed by atoms with van der Waals surface area (Å²) in [5.74, 6) is -0.487. The average molecular weight is 384 g/mol. The van der Waals surface area contributed by atoms with Gasteiger partial charge in [0.05, 0.1) is 16.5 Å². The van der Waals surface area contributed by atoms with Crippen LogP contribution in [0, 0.1) is 6.92 Å². The standard InChI is InChI=1S/C17H22BrNO4/c1-10-13-12(23-14(10)16(20)21)7-6-11(18)15(13)22-9-5-8-19-17(2,3)4/h6-7,19H,5,8-9H2,1-4H3,(H,20,21). The van der Waals surface area contributed by atoms with Gasteiger partial charge in [0.1, 0.15) is 11.3 Å². The van der Waals surface area contributed by atoms with Crippen LogP contribution in [0.3, 0.4) is 0 Å². The van der Waals surface area contributed by atoms with Gasteiger partial charge in [-0.3, -0.25) is 0 Å². The lowest BCUT2D eigenvalue weighted by Crippen LogP contribution is -2.36. The number of ether oxygens (including phenoxy) is 1. The Morgan fingerprint density at radius 3 is 2.70 bits per heavy atom. The number of hydrogen-bond acceptors (Lipinski definition) is 4. The molecule has 2 N–H and O–H groups in total. The molecule has 0 amide bonds. The molecule has 1 aromatic carbocycles. The topological polar surface area (TPSA) is 71.7 Å². The van der Waals surface area contributed by atoms with Gasteiger partial charge < -0.3 is 19.6 Å². The van der Waals surface area contributed by atoms with Gasteiger partial charge in [-0.15, -0.1) is 0 Å². The van der Waals surface area contributed by atoms with Crippen molar-refractivity contribution in [3.05, 3.63) is 27.9 Å². The molecule has 0 aliphatic heterocycles. The highest BCUT2D eigenvalue weighted by Gasteiger charge is 2.21. The Bertz CT molecular complexity index is 715. The first kappa shape index (κ1) is 17.8. The Morgan fingerprint density at radius 2 is 2.09 bits per heavy atom. The number of furan rings is 1. The summed E-state index contributed by atoms with van der Waals surface area (Å²) in [5.41, 5.74) is 1.18. The molecule has 0 fully saturated rings. The molecule has 0 saturated carbocycles. The van der Waals surface area contributed by atoms with Crippen molar-refractivity contribution in [3.8, 4) is 5.75 Å². The largest absolute Gasteiger partial charge is 0.492 e. The maximum atomic E-state index is 11.2. The average Bonchev–Trinajstić information content (AvgIpc) is 2.77. The van der Waals surface area contributed by atoms with Gasteiger partial charge in [0.2, 0.25) is 5.76 Å². The molecule has 0 aliphatic rings. The first-order valence-electron chi connectivity index (χ1n) is 7.53. The molecule has 0 radical (unpaired) electrons. The van der Waals surface area contributed by atoms with Crippen LogP contribution < -0.4 is 10.1 Å². The Kier molecular flexibility index (Phi) is 5.37. The summed E-state index contributed by atoms with van der Waals surface area (Å²) in [6.07, 6.45) is 0.850. The zero-order chi connectivity index (χ0) is 17.2. The summed E-state index contributed by atoms with van der Waals surface area (Å²) < 4.78 is 12.1. The molecule has 6 heteroatoms. The molecule has 0 bridgehead atoms. The molecular formula is C17H22BrNO4. The second kappa shape index (κ2) is 6.93. The third kappa shape index (κ3) is 4.26. The van der Waals surface area contributed by atoms with Crippen LogP contribution in [0.25, 0.3) is 11.0 Å². The molecule has 126 valence electrons. The van der Waals surface area contributed by atoms with Crippen LogP contribution >= 0.6 is 15.9 Å². The number of halogens is 1. The van der Waals surface area contributed by atoms with Gasteiger partial charge in [-0.25, -0.2) is 4.79 Å². The quantitative estimate of drug-likeness (QED) is 0.725. The fourth-order valence-corrected chi connectivity index (χ4v) is 2.78. The molecule has 0 spiro atoms. The first-order valence-corrected chi connectivity index (χ1v) is 8.32. The van der Waals surface area contributed by atoms with Crippen LogP contribution in [0.5, 0.6) is 5.75 Å². The van der Waals surface area contributed by atoms with Crippen LogP contribution in [-0.2, 0) is 0 Å². The van der Waals surface area contributed by atoms with Crippen molar-refractivity contribution in [2.24, 2.45) is 0 Å². The first-order chi connectivity index (χ1) is 10.7. The van der Waals surface area contributed by atoms with E-state index in [4.69, 9.17) is 9.15 Å². The van der Waals surface area contributed by atoms with Crippen LogP contribution in [-0.4, -0.2) is 29.8 Å². The number of hydrogen-bond donors (Lipinski definition) is 2. The van der Waals surface area contributed by atoms with Gasteiger partial charge >= 0.3 is 5.97 Å². The number of carbonyl (C=O) groups is 1. The van der Waals surface area contributed by atoms with Crippen molar-refractivity contribution in [1.29, 1.82) is 0 Å². The second-order valence-electron chi connectivity index (χ2n) is 6.49. The van der Waals surface area contributed by atoms with Crippen LogP contribution in [0.2, 0.25) is 0 Å². The molecule has 0 atom stereocenters. The van der Waals surface area contributed by atoms with E-state index in [1.54, 1.807) is 19.1 Å². The Balaban J connectivity index is 2.16. The van der Waals surface area contributed by atoms with Crippen LogP contribution in [0.15, 0.2) is 21.0 Å². The number of nitrogens with one attached hydrogen (secondary N) is 1. The zero-order valence-corrected chi connectivity index (χ0v) is 15.4. The molecule has 2 aromatic rings. The molecular weight excluding hydrogens is 362 g/mol. The summed E-state index contributed by atoms with van der Waals surface area (Å²) in [4.78, 5) is 11.2. The SMILES string of the molecule is Cc1c(C(=O)O)oc2ccc(Br)c(OCCCNC(C)(C)C)c12. The summed E-state index contributed by atoms with van der Waals surface area (Å²) in [6.45, 7) is 9.47. The third-order valence-electron chi connectivity index (χ3n) is 3.42. The van der Waals surface area contributed by atoms with Gasteiger partial charge in [-0.05, 0) is 68.7 Å². The van der Waals surface area contributed by atoms with E-state index < -0.39 is 5.97 Å². The predicted octanol–water partition coefficient (Wildman–Crippen LogP) is 4.36. The van der Waals surface area contributed by atoms with E-state index in [2.05, 4.69) is 42.0 Å². The summed E-state index contributed by atoms with van der Waals surface area (Å²) >= 11 is 3.47. The van der Waals surface area contributed by atoms with Crippen molar-refractivity contribution < 1.29 is 19.1 Å². The second-order valence-corrected chi connectivity index (χ2v) is 7.34. The summed E-state index contributed by atoms with van der Waals surface area (Å²) in [7, 11) is 0. The van der Waals surface area contributed by atoms with E-state index in [0.29, 0.717) is 28.9 Å². The lowest BCUT2D eigenvalue weighted by atomic mass is 10.1. The molecule has 23 heavy (non-hydrogen) atoms. The highest BCUT2D eigenvalue weighted by molar-refractivity contribution is 9.10. The summed E-state index contributed by atoms with van der Waals surface area (Å²) in [6, 6.07) is 3.55. The Hall–Kier alpha value is -1.53. The fraction of sp³-hybridized carbons (Fsp3) is 0.471. The van der Waals surface area contributed by atoms with Gasteiger partial charge in [0, 0.05) is 11.1 Å². The monoisotopic (exact) mass is 383 g/mol. The maximum Gasteiger partial charge on any atom is 0.372 e. The van der Waals surface area contributed by atoms with Crippen molar-refractivity contribution in [3.63, 3.8) is 0 Å². The van der Waals surface area contributed by atoms with Gasteiger partial charge in [0.15, 0.2) is 0 Å². The number of rotatable bonds is 6. The van der Waals surface area contributed by atoms with Crippen molar-refractivity contribution >= 4 is 32.9 Å². The minimum atomic E-state index is -1.07. The smallest absolute Gasteiger partial charge is 0.372 e. The van der Waals surface area contributed by atoms with E-state index in [9.17, 15) is 9.90 Å².